The normalized spacial score (nSPS) is 23.1. The molecule has 2 aliphatic rings. The summed E-state index contributed by atoms with van der Waals surface area (Å²) >= 11 is 0. The van der Waals surface area contributed by atoms with Gasteiger partial charge in [-0.15, -0.1) is 0 Å². The maximum absolute atomic E-state index is 12.2. The lowest BCUT2D eigenvalue weighted by Crippen LogP contribution is -2.49. The quantitative estimate of drug-likeness (QED) is 0.753. The number of morpholine rings is 1. The Kier molecular flexibility index (Phi) is 5.99. The van der Waals surface area contributed by atoms with Gasteiger partial charge >= 0.3 is 5.97 Å². The van der Waals surface area contributed by atoms with E-state index < -0.39 is 5.97 Å². The van der Waals surface area contributed by atoms with Crippen LogP contribution in [0.2, 0.25) is 0 Å². The fourth-order valence-electron chi connectivity index (χ4n) is 2.97. The first-order valence-electron chi connectivity index (χ1n) is 7.84. The van der Waals surface area contributed by atoms with Crippen LogP contribution >= 0.6 is 0 Å². The number of carboxylic acid groups (broad SMARTS) is 1. The summed E-state index contributed by atoms with van der Waals surface area (Å²) in [6.45, 7) is 2.31. The minimum absolute atomic E-state index is 0.00448. The molecule has 21 heavy (non-hydrogen) atoms. The summed E-state index contributed by atoms with van der Waals surface area (Å²) in [6.07, 6.45) is 5.44. The standard InChI is InChI=1S/C15H26N2O4/c1-16(11-15(19)20)9-13-10-17(7-8-21-13)14(18)6-5-12-3-2-4-12/h12-13H,2-11H2,1H3,(H,19,20). The van der Waals surface area contributed by atoms with Crippen LogP contribution in [0.4, 0.5) is 0 Å². The van der Waals surface area contributed by atoms with Crippen LogP contribution in [0.25, 0.3) is 0 Å². The molecule has 0 bridgehead atoms. The smallest absolute Gasteiger partial charge is 0.317 e. The number of hydrogen-bond acceptors (Lipinski definition) is 4. The van der Waals surface area contributed by atoms with Crippen molar-refractivity contribution in [1.82, 2.24) is 9.80 Å². The van der Waals surface area contributed by atoms with Crippen LogP contribution in [-0.2, 0) is 14.3 Å². The van der Waals surface area contributed by atoms with E-state index in [2.05, 4.69) is 0 Å². The average molecular weight is 298 g/mol. The van der Waals surface area contributed by atoms with Crippen molar-refractivity contribution < 1.29 is 19.4 Å². The molecule has 1 saturated heterocycles. The molecule has 6 heteroatoms. The molecule has 1 unspecified atom stereocenters. The fourth-order valence-corrected chi connectivity index (χ4v) is 2.97. The molecule has 1 N–H and O–H groups in total. The summed E-state index contributed by atoms with van der Waals surface area (Å²) in [5, 5.41) is 8.76. The molecule has 1 aliphatic carbocycles. The molecule has 0 aromatic rings. The molecule has 0 spiro atoms. The number of ether oxygens (including phenoxy) is 1. The molecule has 2 fully saturated rings. The minimum atomic E-state index is -0.846. The van der Waals surface area contributed by atoms with E-state index in [4.69, 9.17) is 9.84 Å². The van der Waals surface area contributed by atoms with E-state index >= 15 is 0 Å². The van der Waals surface area contributed by atoms with Crippen molar-refractivity contribution in [2.24, 2.45) is 5.92 Å². The van der Waals surface area contributed by atoms with Crippen molar-refractivity contribution in [3.8, 4) is 0 Å². The van der Waals surface area contributed by atoms with Crippen LogP contribution in [0.5, 0.6) is 0 Å². The molecule has 0 aromatic carbocycles. The van der Waals surface area contributed by atoms with Crippen molar-refractivity contribution in [2.45, 2.75) is 38.2 Å². The highest BCUT2D eigenvalue weighted by Gasteiger charge is 2.26. The summed E-state index contributed by atoms with van der Waals surface area (Å²) in [5.74, 6) is 0.130. The van der Waals surface area contributed by atoms with Crippen molar-refractivity contribution in [3.63, 3.8) is 0 Å². The second kappa shape index (κ2) is 7.75. The van der Waals surface area contributed by atoms with Gasteiger partial charge in [0, 0.05) is 26.1 Å². The van der Waals surface area contributed by atoms with Gasteiger partial charge in [0.1, 0.15) is 0 Å². The molecular formula is C15H26N2O4. The van der Waals surface area contributed by atoms with Crippen LogP contribution in [0, 0.1) is 5.92 Å². The Morgan fingerprint density at radius 3 is 2.76 bits per heavy atom. The average Bonchev–Trinajstić information content (AvgIpc) is 2.35. The Labute approximate surface area is 126 Å². The summed E-state index contributed by atoms with van der Waals surface area (Å²) < 4.78 is 5.64. The monoisotopic (exact) mass is 298 g/mol. The lowest BCUT2D eigenvalue weighted by atomic mass is 9.82. The molecule has 2 rings (SSSR count). The number of rotatable bonds is 7. The zero-order valence-corrected chi connectivity index (χ0v) is 12.8. The molecule has 6 nitrogen and oxygen atoms in total. The van der Waals surface area contributed by atoms with E-state index in [1.807, 2.05) is 4.90 Å². The van der Waals surface area contributed by atoms with Crippen molar-refractivity contribution >= 4 is 11.9 Å². The predicted octanol–water partition coefficient (Wildman–Crippen LogP) is 0.811. The maximum Gasteiger partial charge on any atom is 0.317 e. The lowest BCUT2D eigenvalue weighted by Gasteiger charge is -2.35. The topological polar surface area (TPSA) is 70.1 Å². The third kappa shape index (κ3) is 5.28. The Hall–Kier alpha value is -1.14. The Bertz CT molecular complexity index is 371. The first kappa shape index (κ1) is 16.2. The van der Waals surface area contributed by atoms with Gasteiger partial charge in [-0.2, -0.15) is 0 Å². The highest BCUT2D eigenvalue weighted by Crippen LogP contribution is 2.30. The van der Waals surface area contributed by atoms with Crippen LogP contribution in [-0.4, -0.2) is 72.7 Å². The lowest BCUT2D eigenvalue weighted by molar-refractivity contribution is -0.142. The number of aliphatic carboxylic acids is 1. The van der Waals surface area contributed by atoms with E-state index in [1.54, 1.807) is 11.9 Å². The zero-order chi connectivity index (χ0) is 15.2. The molecule has 1 aliphatic heterocycles. The largest absolute Gasteiger partial charge is 0.480 e. The summed E-state index contributed by atoms with van der Waals surface area (Å²) in [4.78, 5) is 26.5. The Morgan fingerprint density at radius 1 is 1.38 bits per heavy atom. The van der Waals surface area contributed by atoms with Gasteiger partial charge in [0.15, 0.2) is 0 Å². The summed E-state index contributed by atoms with van der Waals surface area (Å²) in [6, 6.07) is 0. The van der Waals surface area contributed by atoms with E-state index in [-0.39, 0.29) is 18.6 Å². The third-order valence-corrected chi connectivity index (χ3v) is 4.40. The number of nitrogens with zero attached hydrogens (tertiary/aromatic N) is 2. The van der Waals surface area contributed by atoms with Crippen molar-refractivity contribution in [3.05, 3.63) is 0 Å². The number of carbonyl (C=O) groups excluding carboxylic acids is 1. The van der Waals surface area contributed by atoms with Gasteiger partial charge in [0.2, 0.25) is 5.91 Å². The Morgan fingerprint density at radius 2 is 2.14 bits per heavy atom. The Balaban J connectivity index is 1.71. The van der Waals surface area contributed by atoms with E-state index in [9.17, 15) is 9.59 Å². The van der Waals surface area contributed by atoms with E-state index in [0.29, 0.717) is 32.7 Å². The first-order valence-corrected chi connectivity index (χ1v) is 7.84. The number of carboxylic acids is 1. The zero-order valence-electron chi connectivity index (χ0n) is 12.8. The molecule has 0 aromatic heterocycles. The highest BCUT2D eigenvalue weighted by molar-refractivity contribution is 5.76. The van der Waals surface area contributed by atoms with Crippen LogP contribution < -0.4 is 0 Å². The van der Waals surface area contributed by atoms with Crippen LogP contribution in [0.3, 0.4) is 0 Å². The molecule has 120 valence electrons. The predicted molar refractivity (Wildman–Crippen MR) is 78.0 cm³/mol. The summed E-state index contributed by atoms with van der Waals surface area (Å²) in [5.41, 5.74) is 0. The number of carbonyl (C=O) groups is 2. The fraction of sp³-hybridized carbons (Fsp3) is 0.867. The molecular weight excluding hydrogens is 272 g/mol. The van der Waals surface area contributed by atoms with Gasteiger partial charge < -0.3 is 14.7 Å². The molecule has 1 atom stereocenters. The molecule has 0 radical (unpaired) electrons. The van der Waals surface area contributed by atoms with Gasteiger partial charge in [-0.1, -0.05) is 19.3 Å². The van der Waals surface area contributed by atoms with Crippen LogP contribution in [0.15, 0.2) is 0 Å². The van der Waals surface area contributed by atoms with Crippen molar-refractivity contribution in [2.75, 3.05) is 39.8 Å². The summed E-state index contributed by atoms with van der Waals surface area (Å²) in [7, 11) is 1.76. The van der Waals surface area contributed by atoms with Gasteiger partial charge in [-0.25, -0.2) is 0 Å². The second-order valence-electron chi connectivity index (χ2n) is 6.26. The van der Waals surface area contributed by atoms with Gasteiger partial charge in [0.05, 0.1) is 19.3 Å². The first-order chi connectivity index (χ1) is 10.0. The SMILES string of the molecule is CN(CC(=O)O)CC1CN(C(=O)CCC2CCC2)CCO1. The van der Waals surface area contributed by atoms with E-state index in [0.717, 1.165) is 12.3 Å². The number of likely N-dealkylation sites (N-methyl/N-ethyl adjacent to an activating group) is 1. The molecule has 1 heterocycles. The van der Waals surface area contributed by atoms with Gasteiger partial charge in [-0.3, -0.25) is 14.5 Å². The number of amides is 1. The second-order valence-corrected chi connectivity index (χ2v) is 6.26. The van der Waals surface area contributed by atoms with Crippen molar-refractivity contribution in [1.29, 1.82) is 0 Å². The maximum atomic E-state index is 12.2. The van der Waals surface area contributed by atoms with Gasteiger partial charge in [-0.05, 0) is 19.4 Å². The molecule has 1 amide bonds. The van der Waals surface area contributed by atoms with Gasteiger partial charge in [0.25, 0.3) is 0 Å². The van der Waals surface area contributed by atoms with E-state index in [1.165, 1.54) is 19.3 Å². The highest BCUT2D eigenvalue weighted by atomic mass is 16.5. The minimum Gasteiger partial charge on any atom is -0.480 e. The number of hydrogen-bond donors (Lipinski definition) is 1. The van der Waals surface area contributed by atoms with Crippen LogP contribution in [0.1, 0.15) is 32.1 Å². The third-order valence-electron chi connectivity index (χ3n) is 4.40. The molecule has 1 saturated carbocycles.